The van der Waals surface area contributed by atoms with Crippen LogP contribution in [-0.2, 0) is 11.3 Å². The van der Waals surface area contributed by atoms with E-state index < -0.39 is 0 Å². The van der Waals surface area contributed by atoms with Gasteiger partial charge in [0.25, 0.3) is 5.56 Å². The summed E-state index contributed by atoms with van der Waals surface area (Å²) in [5.74, 6) is 0. The molecule has 1 aliphatic heterocycles. The van der Waals surface area contributed by atoms with Crippen LogP contribution in [0.15, 0.2) is 33.7 Å². The highest BCUT2D eigenvalue weighted by molar-refractivity contribution is 9.10. The van der Waals surface area contributed by atoms with E-state index in [0.29, 0.717) is 11.9 Å². The molecule has 0 bridgehead atoms. The summed E-state index contributed by atoms with van der Waals surface area (Å²) in [5.41, 5.74) is -0.0516. The van der Waals surface area contributed by atoms with Gasteiger partial charge in [-0.1, -0.05) is 22.0 Å². The van der Waals surface area contributed by atoms with Gasteiger partial charge in [-0.15, -0.1) is 0 Å². The Balaban J connectivity index is 2.02. The molecule has 2 aromatic rings. The Morgan fingerprint density at radius 3 is 3.17 bits per heavy atom. The van der Waals surface area contributed by atoms with Crippen molar-refractivity contribution >= 4 is 26.7 Å². The number of ether oxygens (including phenoxy) is 1. The maximum atomic E-state index is 12.3. The standard InChI is InChI=1S/C13H13BrN2O2/c14-10-4-3-9-7-15-16(13(17)12(9)6-10)8-11-2-1-5-18-11/h3-4,6-7,11H,1-2,5,8H2. The van der Waals surface area contributed by atoms with Crippen molar-refractivity contribution in [3.8, 4) is 0 Å². The van der Waals surface area contributed by atoms with E-state index in [1.54, 1.807) is 6.20 Å². The fourth-order valence-electron chi connectivity index (χ4n) is 2.26. The summed E-state index contributed by atoms with van der Waals surface area (Å²) >= 11 is 3.39. The van der Waals surface area contributed by atoms with Crippen LogP contribution in [0.25, 0.3) is 10.8 Å². The fourth-order valence-corrected chi connectivity index (χ4v) is 2.62. The number of fused-ring (bicyclic) bond motifs is 1. The Morgan fingerprint density at radius 2 is 2.39 bits per heavy atom. The molecular weight excluding hydrogens is 296 g/mol. The number of halogens is 1. The Hall–Kier alpha value is -1.20. The summed E-state index contributed by atoms with van der Waals surface area (Å²) < 4.78 is 7.95. The molecule has 18 heavy (non-hydrogen) atoms. The van der Waals surface area contributed by atoms with Gasteiger partial charge in [-0.3, -0.25) is 4.79 Å². The molecule has 1 saturated heterocycles. The van der Waals surface area contributed by atoms with E-state index in [-0.39, 0.29) is 11.7 Å². The maximum Gasteiger partial charge on any atom is 0.274 e. The molecule has 4 nitrogen and oxygen atoms in total. The van der Waals surface area contributed by atoms with Crippen LogP contribution in [-0.4, -0.2) is 22.5 Å². The molecule has 1 unspecified atom stereocenters. The first-order valence-electron chi connectivity index (χ1n) is 6.01. The van der Waals surface area contributed by atoms with Crippen molar-refractivity contribution in [2.45, 2.75) is 25.5 Å². The zero-order valence-electron chi connectivity index (χ0n) is 9.80. The highest BCUT2D eigenvalue weighted by Gasteiger charge is 2.17. The summed E-state index contributed by atoms with van der Waals surface area (Å²) in [6, 6.07) is 5.64. The molecule has 1 aliphatic rings. The van der Waals surface area contributed by atoms with Crippen molar-refractivity contribution in [3.63, 3.8) is 0 Å². The molecule has 1 aromatic heterocycles. The Labute approximate surface area is 113 Å². The first-order chi connectivity index (χ1) is 8.74. The summed E-state index contributed by atoms with van der Waals surface area (Å²) in [5, 5.41) is 5.77. The Bertz CT molecular complexity index is 632. The van der Waals surface area contributed by atoms with Crippen LogP contribution in [0.3, 0.4) is 0 Å². The minimum absolute atomic E-state index is 0.0516. The van der Waals surface area contributed by atoms with E-state index in [9.17, 15) is 4.79 Å². The van der Waals surface area contributed by atoms with Crippen LogP contribution >= 0.6 is 15.9 Å². The molecular formula is C13H13BrN2O2. The number of benzene rings is 1. The average Bonchev–Trinajstić information content (AvgIpc) is 2.86. The van der Waals surface area contributed by atoms with Gasteiger partial charge in [0.15, 0.2) is 0 Å². The van der Waals surface area contributed by atoms with Crippen molar-refractivity contribution in [3.05, 3.63) is 39.2 Å². The molecule has 3 rings (SSSR count). The molecule has 0 spiro atoms. The maximum absolute atomic E-state index is 12.3. The van der Waals surface area contributed by atoms with E-state index in [2.05, 4.69) is 21.0 Å². The number of hydrogen-bond donors (Lipinski definition) is 0. The highest BCUT2D eigenvalue weighted by Crippen LogP contribution is 2.17. The molecule has 0 saturated carbocycles. The van der Waals surface area contributed by atoms with Gasteiger partial charge in [-0.25, -0.2) is 4.68 Å². The highest BCUT2D eigenvalue weighted by atomic mass is 79.9. The van der Waals surface area contributed by atoms with Crippen molar-refractivity contribution in [2.75, 3.05) is 6.61 Å². The molecule has 0 aliphatic carbocycles. The minimum atomic E-state index is -0.0516. The molecule has 1 atom stereocenters. The number of hydrogen-bond acceptors (Lipinski definition) is 3. The lowest BCUT2D eigenvalue weighted by molar-refractivity contribution is 0.0928. The van der Waals surface area contributed by atoms with Crippen LogP contribution in [0.1, 0.15) is 12.8 Å². The largest absolute Gasteiger partial charge is 0.376 e. The van der Waals surface area contributed by atoms with Crippen LogP contribution < -0.4 is 5.56 Å². The summed E-state index contributed by atoms with van der Waals surface area (Å²) in [6.45, 7) is 1.33. The van der Waals surface area contributed by atoms with Crippen molar-refractivity contribution in [1.29, 1.82) is 0 Å². The molecule has 0 N–H and O–H groups in total. The third-order valence-corrected chi connectivity index (χ3v) is 3.71. The fraction of sp³-hybridized carbons (Fsp3) is 0.385. The van der Waals surface area contributed by atoms with Crippen molar-refractivity contribution in [2.24, 2.45) is 0 Å². The normalized spacial score (nSPS) is 19.5. The predicted molar refractivity (Wildman–Crippen MR) is 72.7 cm³/mol. The minimum Gasteiger partial charge on any atom is -0.376 e. The first kappa shape index (κ1) is 11.9. The van der Waals surface area contributed by atoms with E-state index in [1.165, 1.54) is 4.68 Å². The quantitative estimate of drug-likeness (QED) is 0.855. The summed E-state index contributed by atoms with van der Waals surface area (Å²) in [7, 11) is 0. The van der Waals surface area contributed by atoms with Crippen LogP contribution in [0.5, 0.6) is 0 Å². The third-order valence-electron chi connectivity index (χ3n) is 3.22. The van der Waals surface area contributed by atoms with Crippen molar-refractivity contribution in [1.82, 2.24) is 9.78 Å². The second-order valence-electron chi connectivity index (χ2n) is 4.50. The number of rotatable bonds is 2. The van der Waals surface area contributed by atoms with E-state index in [0.717, 1.165) is 29.3 Å². The predicted octanol–water partition coefficient (Wildman–Crippen LogP) is 2.34. The lowest BCUT2D eigenvalue weighted by Crippen LogP contribution is -2.28. The summed E-state index contributed by atoms with van der Waals surface area (Å²) in [4.78, 5) is 12.3. The number of aromatic nitrogens is 2. The lowest BCUT2D eigenvalue weighted by Gasteiger charge is -2.11. The smallest absolute Gasteiger partial charge is 0.274 e. The summed E-state index contributed by atoms with van der Waals surface area (Å²) in [6.07, 6.45) is 3.93. The zero-order valence-corrected chi connectivity index (χ0v) is 11.4. The second kappa shape index (κ2) is 4.82. The van der Waals surface area contributed by atoms with Crippen LogP contribution in [0, 0.1) is 0 Å². The molecule has 0 amide bonds. The van der Waals surface area contributed by atoms with Crippen molar-refractivity contribution < 1.29 is 4.74 Å². The van der Waals surface area contributed by atoms with Gasteiger partial charge in [0, 0.05) is 16.5 Å². The van der Waals surface area contributed by atoms with Crippen LogP contribution in [0.2, 0.25) is 0 Å². The van der Waals surface area contributed by atoms with E-state index in [4.69, 9.17) is 4.74 Å². The van der Waals surface area contributed by atoms with Gasteiger partial charge < -0.3 is 4.74 Å². The van der Waals surface area contributed by atoms with Gasteiger partial charge in [0.1, 0.15) is 0 Å². The molecule has 5 heteroatoms. The lowest BCUT2D eigenvalue weighted by atomic mass is 10.2. The average molecular weight is 309 g/mol. The van der Waals surface area contributed by atoms with Gasteiger partial charge in [-0.2, -0.15) is 5.10 Å². The van der Waals surface area contributed by atoms with E-state index >= 15 is 0 Å². The molecule has 1 aromatic carbocycles. The first-order valence-corrected chi connectivity index (χ1v) is 6.80. The Morgan fingerprint density at radius 1 is 1.50 bits per heavy atom. The number of nitrogens with zero attached hydrogens (tertiary/aromatic N) is 2. The second-order valence-corrected chi connectivity index (χ2v) is 5.41. The Kier molecular flexibility index (Phi) is 3.18. The molecule has 94 valence electrons. The molecule has 1 fully saturated rings. The zero-order chi connectivity index (χ0) is 12.5. The SMILES string of the molecule is O=c1c2cc(Br)ccc2cnn1CC1CCCO1. The van der Waals surface area contributed by atoms with Gasteiger partial charge in [0.2, 0.25) is 0 Å². The third kappa shape index (κ3) is 2.20. The van der Waals surface area contributed by atoms with E-state index in [1.807, 2.05) is 18.2 Å². The molecule has 0 radical (unpaired) electrons. The monoisotopic (exact) mass is 308 g/mol. The van der Waals surface area contributed by atoms with Gasteiger partial charge in [0.05, 0.1) is 24.2 Å². The van der Waals surface area contributed by atoms with Gasteiger partial charge in [-0.05, 0) is 25.0 Å². The molecule has 2 heterocycles. The topological polar surface area (TPSA) is 44.1 Å². The van der Waals surface area contributed by atoms with Gasteiger partial charge >= 0.3 is 0 Å². The van der Waals surface area contributed by atoms with Crippen LogP contribution in [0.4, 0.5) is 0 Å².